The number of alkyl halides is 2. The van der Waals surface area contributed by atoms with Crippen LogP contribution in [0.5, 0.6) is 0 Å². The van der Waals surface area contributed by atoms with Crippen molar-refractivity contribution in [2.45, 2.75) is 31.6 Å². The minimum Gasteiger partial charge on any atom is -0.460 e. The number of carbonyl (C=O) groups is 1. The highest BCUT2D eigenvalue weighted by Gasteiger charge is 2.48. The molecular weight excluding hydrogens is 209 g/mol. The number of rotatable bonds is 3. The third-order valence-corrected chi connectivity index (χ3v) is 2.24. The van der Waals surface area contributed by atoms with Gasteiger partial charge in [-0.2, -0.15) is 0 Å². The van der Waals surface area contributed by atoms with Crippen LogP contribution >= 0.6 is 0 Å². The Labute approximate surface area is 87.0 Å². The van der Waals surface area contributed by atoms with Gasteiger partial charge in [-0.25, -0.2) is 8.78 Å². The van der Waals surface area contributed by atoms with Gasteiger partial charge in [0, 0.05) is 6.92 Å². The molecule has 4 nitrogen and oxygen atoms in total. The summed E-state index contributed by atoms with van der Waals surface area (Å²) in [5, 5.41) is 8.80. The van der Waals surface area contributed by atoms with Gasteiger partial charge in [0.15, 0.2) is 0 Å². The Morgan fingerprint density at radius 3 is 2.67 bits per heavy atom. The van der Waals surface area contributed by atoms with E-state index in [2.05, 4.69) is 4.74 Å². The van der Waals surface area contributed by atoms with E-state index in [1.165, 1.54) is 0 Å². The van der Waals surface area contributed by atoms with E-state index in [0.29, 0.717) is 0 Å². The van der Waals surface area contributed by atoms with Crippen molar-refractivity contribution in [2.75, 3.05) is 6.61 Å². The fraction of sp³-hybridized carbons (Fsp3) is 0.875. The molecule has 1 heterocycles. The molecule has 7 heteroatoms. The van der Waals surface area contributed by atoms with E-state index in [1.54, 1.807) is 0 Å². The van der Waals surface area contributed by atoms with E-state index in [1.807, 2.05) is 0 Å². The van der Waals surface area contributed by atoms with Gasteiger partial charge < -0.3 is 14.6 Å². The Hall–Kier alpha value is -0.685. The highest BCUT2D eigenvalue weighted by atomic mass is 19.3. The van der Waals surface area contributed by atoms with E-state index < -0.39 is 43.1 Å². The lowest BCUT2D eigenvalue weighted by atomic mass is 9.87. The molecule has 0 saturated carbocycles. The molecular formula is C8H11BF2O4. The molecule has 0 amide bonds. The van der Waals surface area contributed by atoms with Crippen LogP contribution in [-0.4, -0.2) is 50.2 Å². The topological polar surface area (TPSA) is 55.8 Å². The summed E-state index contributed by atoms with van der Waals surface area (Å²) in [5.74, 6) is -2.09. The van der Waals surface area contributed by atoms with Crippen LogP contribution in [0.4, 0.5) is 8.78 Å². The van der Waals surface area contributed by atoms with Gasteiger partial charge in [-0.3, -0.25) is 4.79 Å². The Kier molecular flexibility index (Phi) is 4.04. The standard InChI is InChI=1S/C8H11BF2O4/c1-3(13)14-6-5(8(10)11)4(2-12)15-7(6)9/h4-8,12H,2H2,1H3/t4-,5-,6-,7-/m1/s1. The van der Waals surface area contributed by atoms with Gasteiger partial charge in [-0.1, -0.05) is 0 Å². The zero-order valence-corrected chi connectivity index (χ0v) is 8.10. The van der Waals surface area contributed by atoms with Crippen LogP contribution in [0.3, 0.4) is 0 Å². The van der Waals surface area contributed by atoms with Crippen LogP contribution in [0, 0.1) is 5.92 Å². The predicted molar refractivity (Wildman–Crippen MR) is 46.5 cm³/mol. The van der Waals surface area contributed by atoms with Crippen molar-refractivity contribution in [1.82, 2.24) is 0 Å². The number of aliphatic hydroxyl groups excluding tert-OH is 1. The molecule has 84 valence electrons. The molecule has 1 aliphatic heterocycles. The van der Waals surface area contributed by atoms with E-state index in [9.17, 15) is 13.6 Å². The van der Waals surface area contributed by atoms with Crippen molar-refractivity contribution >= 4 is 13.8 Å². The number of hydrogen-bond acceptors (Lipinski definition) is 4. The van der Waals surface area contributed by atoms with Gasteiger partial charge in [-0.15, -0.1) is 0 Å². The van der Waals surface area contributed by atoms with Gasteiger partial charge >= 0.3 is 5.97 Å². The molecule has 1 fully saturated rings. The van der Waals surface area contributed by atoms with Crippen molar-refractivity contribution in [3.05, 3.63) is 0 Å². The van der Waals surface area contributed by atoms with Gasteiger partial charge in [0.05, 0.1) is 24.6 Å². The third-order valence-electron chi connectivity index (χ3n) is 2.24. The number of carbonyl (C=O) groups excluding carboxylic acids is 1. The second-order valence-electron chi connectivity index (χ2n) is 3.31. The van der Waals surface area contributed by atoms with Crippen molar-refractivity contribution in [2.24, 2.45) is 5.92 Å². The summed E-state index contributed by atoms with van der Waals surface area (Å²) >= 11 is 0. The first-order valence-electron chi connectivity index (χ1n) is 4.44. The second kappa shape index (κ2) is 4.89. The van der Waals surface area contributed by atoms with E-state index >= 15 is 0 Å². The molecule has 0 unspecified atom stereocenters. The molecule has 0 aromatic heterocycles. The number of hydrogen-bond donors (Lipinski definition) is 1. The fourth-order valence-electron chi connectivity index (χ4n) is 1.61. The molecule has 0 aliphatic carbocycles. The zero-order valence-electron chi connectivity index (χ0n) is 8.10. The summed E-state index contributed by atoms with van der Waals surface area (Å²) in [7, 11) is 5.38. The molecule has 4 atom stereocenters. The summed E-state index contributed by atoms with van der Waals surface area (Å²) in [6.45, 7) is 0.516. The maximum absolute atomic E-state index is 12.6. The van der Waals surface area contributed by atoms with Crippen molar-refractivity contribution in [3.8, 4) is 0 Å². The number of esters is 1. The van der Waals surface area contributed by atoms with E-state index in [-0.39, 0.29) is 0 Å². The first-order valence-corrected chi connectivity index (χ1v) is 4.44. The lowest BCUT2D eigenvalue weighted by molar-refractivity contribution is -0.151. The summed E-state index contributed by atoms with van der Waals surface area (Å²) in [4.78, 5) is 10.7. The van der Waals surface area contributed by atoms with Gasteiger partial charge in [0.25, 0.3) is 0 Å². The molecule has 0 aromatic carbocycles. The number of aliphatic hydroxyl groups is 1. The monoisotopic (exact) mass is 220 g/mol. The third kappa shape index (κ3) is 2.66. The van der Waals surface area contributed by atoms with Crippen LogP contribution in [0.1, 0.15) is 6.92 Å². The minimum atomic E-state index is -2.76. The summed E-state index contributed by atoms with van der Waals surface area (Å²) in [6.07, 6.45) is -5.07. The Balaban J connectivity index is 2.77. The second-order valence-corrected chi connectivity index (χ2v) is 3.31. The average Bonchev–Trinajstić information content (AvgIpc) is 2.42. The molecule has 0 spiro atoms. The van der Waals surface area contributed by atoms with Crippen molar-refractivity contribution < 1.29 is 28.2 Å². The molecule has 1 N–H and O–H groups in total. The van der Waals surface area contributed by atoms with Gasteiger partial charge in [0.1, 0.15) is 14.0 Å². The quantitative estimate of drug-likeness (QED) is 0.523. The Bertz CT molecular complexity index is 239. The summed E-state index contributed by atoms with van der Waals surface area (Å²) < 4.78 is 34.7. The maximum Gasteiger partial charge on any atom is 0.302 e. The lowest BCUT2D eigenvalue weighted by Crippen LogP contribution is -2.37. The molecule has 0 aromatic rings. The molecule has 1 saturated heterocycles. The number of halogens is 2. The Morgan fingerprint density at radius 1 is 1.67 bits per heavy atom. The van der Waals surface area contributed by atoms with E-state index in [4.69, 9.17) is 17.7 Å². The number of ether oxygens (including phenoxy) is 2. The maximum atomic E-state index is 12.6. The first kappa shape index (κ1) is 12.4. The fourth-order valence-corrected chi connectivity index (χ4v) is 1.61. The zero-order chi connectivity index (χ0) is 11.6. The summed E-state index contributed by atoms with van der Waals surface area (Å²) in [6, 6.07) is -1.12. The van der Waals surface area contributed by atoms with Crippen molar-refractivity contribution in [3.63, 3.8) is 0 Å². The molecule has 2 radical (unpaired) electrons. The van der Waals surface area contributed by atoms with Gasteiger partial charge in [0.2, 0.25) is 6.43 Å². The summed E-state index contributed by atoms with van der Waals surface area (Å²) in [5.41, 5.74) is 0. The first-order chi connectivity index (χ1) is 6.97. The molecule has 0 bridgehead atoms. The molecule has 1 rings (SSSR count). The molecule has 15 heavy (non-hydrogen) atoms. The smallest absolute Gasteiger partial charge is 0.302 e. The Morgan fingerprint density at radius 2 is 2.27 bits per heavy atom. The lowest BCUT2D eigenvalue weighted by Gasteiger charge is -2.21. The SMILES string of the molecule is [B][C@@H]1O[C@H](CO)[C@@H](C(F)F)[C@H]1OC(C)=O. The van der Waals surface area contributed by atoms with Crippen LogP contribution < -0.4 is 0 Å². The highest BCUT2D eigenvalue weighted by molar-refractivity contribution is 6.11. The highest BCUT2D eigenvalue weighted by Crippen LogP contribution is 2.32. The largest absolute Gasteiger partial charge is 0.460 e. The average molecular weight is 220 g/mol. The molecule has 1 aliphatic rings. The van der Waals surface area contributed by atoms with Crippen LogP contribution in [0.2, 0.25) is 0 Å². The predicted octanol–water partition coefficient (Wildman–Crippen LogP) is -0.315. The van der Waals surface area contributed by atoms with Crippen LogP contribution in [0.25, 0.3) is 0 Å². The van der Waals surface area contributed by atoms with Crippen LogP contribution in [0.15, 0.2) is 0 Å². The van der Waals surface area contributed by atoms with Gasteiger partial charge in [-0.05, 0) is 0 Å². The van der Waals surface area contributed by atoms with Crippen molar-refractivity contribution in [1.29, 1.82) is 0 Å². The minimum absolute atomic E-state index is 0.583. The normalized spacial score (nSPS) is 35.8. The van der Waals surface area contributed by atoms with E-state index in [0.717, 1.165) is 6.92 Å². The van der Waals surface area contributed by atoms with Crippen LogP contribution in [-0.2, 0) is 14.3 Å².